The highest BCUT2D eigenvalue weighted by atomic mass is 32.1. The zero-order valence-electron chi connectivity index (χ0n) is 18.7. The van der Waals surface area contributed by atoms with Crippen molar-refractivity contribution in [2.24, 2.45) is 0 Å². The minimum absolute atomic E-state index is 0.166. The molecule has 170 valence electrons. The van der Waals surface area contributed by atoms with E-state index in [0.717, 1.165) is 33.5 Å². The Morgan fingerprint density at radius 2 is 1.82 bits per heavy atom. The first-order chi connectivity index (χ1) is 16.5. The van der Waals surface area contributed by atoms with Gasteiger partial charge in [0, 0.05) is 22.5 Å². The molecule has 1 amide bonds. The Balaban J connectivity index is 1.24. The quantitative estimate of drug-likeness (QED) is 0.267. The third kappa shape index (κ3) is 4.27. The number of anilines is 1. The lowest BCUT2D eigenvalue weighted by Gasteiger charge is -2.11. The van der Waals surface area contributed by atoms with E-state index in [1.54, 1.807) is 30.3 Å². The molecule has 0 fully saturated rings. The Kier molecular flexibility index (Phi) is 5.81. The molecule has 0 saturated carbocycles. The van der Waals surface area contributed by atoms with Crippen molar-refractivity contribution in [2.45, 2.75) is 26.7 Å². The maximum atomic E-state index is 12.5. The number of ether oxygens (including phenoxy) is 1. The first-order valence-corrected chi connectivity index (χ1v) is 11.8. The van der Waals surface area contributed by atoms with Crippen LogP contribution in [0.15, 0.2) is 66.0 Å². The zero-order valence-corrected chi connectivity index (χ0v) is 19.6. The number of thiophene rings is 1. The van der Waals surface area contributed by atoms with E-state index in [-0.39, 0.29) is 18.3 Å². The summed E-state index contributed by atoms with van der Waals surface area (Å²) in [7, 11) is 0. The molecule has 2 aromatic carbocycles. The minimum atomic E-state index is -0.333. The SMILES string of the molecule is Cc1nc2c3ccccc3nn2c(C)c1CCC(=O)Oc1ccc(NC(=O)c2cccs2)cc1. The van der Waals surface area contributed by atoms with Gasteiger partial charge in [0.1, 0.15) is 5.75 Å². The number of carbonyl (C=O) groups excluding carboxylic acids is 2. The second-order valence-electron chi connectivity index (χ2n) is 7.94. The van der Waals surface area contributed by atoms with Crippen LogP contribution in [0.3, 0.4) is 0 Å². The number of nitrogens with zero attached hydrogens (tertiary/aromatic N) is 3. The largest absolute Gasteiger partial charge is 0.427 e. The molecule has 7 nitrogen and oxygen atoms in total. The number of carbonyl (C=O) groups is 2. The number of hydrogen-bond acceptors (Lipinski definition) is 6. The fourth-order valence-electron chi connectivity index (χ4n) is 3.95. The van der Waals surface area contributed by atoms with Gasteiger partial charge in [0.15, 0.2) is 5.65 Å². The molecule has 0 unspecified atom stereocenters. The Morgan fingerprint density at radius 1 is 1.03 bits per heavy atom. The van der Waals surface area contributed by atoms with Gasteiger partial charge in [-0.15, -0.1) is 11.3 Å². The van der Waals surface area contributed by atoms with Gasteiger partial charge in [0.05, 0.1) is 16.8 Å². The van der Waals surface area contributed by atoms with Gasteiger partial charge in [-0.3, -0.25) is 9.59 Å². The van der Waals surface area contributed by atoms with E-state index in [4.69, 9.17) is 9.72 Å². The number of hydrogen-bond donors (Lipinski definition) is 1. The maximum absolute atomic E-state index is 12.5. The summed E-state index contributed by atoms with van der Waals surface area (Å²) in [6.45, 7) is 3.95. The number of fused-ring (bicyclic) bond motifs is 3. The molecule has 0 aliphatic rings. The maximum Gasteiger partial charge on any atom is 0.311 e. The summed E-state index contributed by atoms with van der Waals surface area (Å²) in [6, 6.07) is 18.3. The minimum Gasteiger partial charge on any atom is -0.427 e. The average molecular weight is 471 g/mol. The lowest BCUT2D eigenvalue weighted by molar-refractivity contribution is -0.134. The normalized spacial score (nSPS) is 11.1. The molecule has 3 aromatic heterocycles. The van der Waals surface area contributed by atoms with Crippen molar-refractivity contribution >= 4 is 45.5 Å². The molecule has 0 aliphatic carbocycles. The molecule has 5 rings (SSSR count). The van der Waals surface area contributed by atoms with Gasteiger partial charge < -0.3 is 10.1 Å². The number of aryl methyl sites for hydroxylation is 2. The smallest absolute Gasteiger partial charge is 0.311 e. The number of aromatic nitrogens is 3. The van der Waals surface area contributed by atoms with Crippen LogP contribution in [0.5, 0.6) is 5.75 Å². The van der Waals surface area contributed by atoms with Gasteiger partial charge in [-0.25, -0.2) is 9.50 Å². The lowest BCUT2D eigenvalue weighted by Crippen LogP contribution is -2.12. The predicted molar refractivity (Wildman–Crippen MR) is 133 cm³/mol. The molecule has 0 spiro atoms. The number of amides is 1. The Hall–Kier alpha value is -4.04. The molecule has 0 atom stereocenters. The first kappa shape index (κ1) is 21.8. The lowest BCUT2D eigenvalue weighted by atomic mass is 10.1. The van der Waals surface area contributed by atoms with Crippen LogP contribution in [0.25, 0.3) is 16.6 Å². The van der Waals surface area contributed by atoms with Crippen molar-refractivity contribution < 1.29 is 14.3 Å². The van der Waals surface area contributed by atoms with Gasteiger partial charge in [0.25, 0.3) is 5.91 Å². The summed E-state index contributed by atoms with van der Waals surface area (Å²) < 4.78 is 7.34. The van der Waals surface area contributed by atoms with Crippen LogP contribution in [-0.4, -0.2) is 26.5 Å². The van der Waals surface area contributed by atoms with Crippen molar-refractivity contribution in [3.8, 4) is 5.75 Å². The molecule has 5 aromatic rings. The van der Waals surface area contributed by atoms with Crippen molar-refractivity contribution in [1.82, 2.24) is 14.6 Å². The molecule has 8 heteroatoms. The van der Waals surface area contributed by atoms with Crippen LogP contribution in [0.4, 0.5) is 5.69 Å². The molecular weight excluding hydrogens is 448 g/mol. The molecule has 0 saturated heterocycles. The predicted octanol–water partition coefficient (Wildman–Crippen LogP) is 5.35. The average Bonchev–Trinajstić information content (AvgIpc) is 3.49. The van der Waals surface area contributed by atoms with Gasteiger partial charge in [-0.1, -0.05) is 18.2 Å². The van der Waals surface area contributed by atoms with Gasteiger partial charge in [0.2, 0.25) is 0 Å². The van der Waals surface area contributed by atoms with E-state index in [1.165, 1.54) is 11.3 Å². The van der Waals surface area contributed by atoms with E-state index >= 15 is 0 Å². The monoisotopic (exact) mass is 470 g/mol. The van der Waals surface area contributed by atoms with Crippen molar-refractivity contribution in [2.75, 3.05) is 5.32 Å². The molecule has 0 aliphatic heterocycles. The molecule has 0 radical (unpaired) electrons. The summed E-state index contributed by atoms with van der Waals surface area (Å²) in [5.74, 6) is -0.0690. The van der Waals surface area contributed by atoms with Crippen LogP contribution < -0.4 is 10.1 Å². The second kappa shape index (κ2) is 9.07. The fraction of sp³-hybridized carbons (Fsp3) is 0.154. The standard InChI is InChI=1S/C26H22N4O3S/c1-16-20(17(2)30-25(27-16)21-6-3-4-7-22(21)29-30)13-14-24(31)33-19-11-9-18(10-12-19)28-26(32)23-8-5-15-34-23/h3-12,15H,13-14H2,1-2H3,(H,28,32). The summed E-state index contributed by atoms with van der Waals surface area (Å²) in [4.78, 5) is 30.0. The number of esters is 1. The van der Waals surface area contributed by atoms with E-state index in [2.05, 4.69) is 10.4 Å². The molecule has 3 heterocycles. The van der Waals surface area contributed by atoms with E-state index < -0.39 is 0 Å². The Labute approximate surface area is 200 Å². The fourth-order valence-corrected chi connectivity index (χ4v) is 4.57. The highest BCUT2D eigenvalue weighted by molar-refractivity contribution is 7.12. The highest BCUT2D eigenvalue weighted by Crippen LogP contribution is 2.23. The zero-order chi connectivity index (χ0) is 23.7. The number of benzene rings is 2. The van der Waals surface area contributed by atoms with Gasteiger partial charge in [-0.05, 0) is 73.7 Å². The van der Waals surface area contributed by atoms with Crippen LogP contribution in [0.2, 0.25) is 0 Å². The van der Waals surface area contributed by atoms with Crippen LogP contribution in [-0.2, 0) is 11.2 Å². The van der Waals surface area contributed by atoms with Crippen LogP contribution in [0, 0.1) is 13.8 Å². The van der Waals surface area contributed by atoms with Gasteiger partial charge >= 0.3 is 5.97 Å². The third-order valence-electron chi connectivity index (χ3n) is 5.69. The highest BCUT2D eigenvalue weighted by Gasteiger charge is 2.16. The van der Waals surface area contributed by atoms with Crippen molar-refractivity contribution in [3.63, 3.8) is 0 Å². The molecule has 1 N–H and O–H groups in total. The summed E-state index contributed by atoms with van der Waals surface area (Å²) >= 11 is 1.38. The number of rotatable bonds is 6. The third-order valence-corrected chi connectivity index (χ3v) is 6.55. The van der Waals surface area contributed by atoms with E-state index in [9.17, 15) is 9.59 Å². The van der Waals surface area contributed by atoms with E-state index in [1.807, 2.05) is 54.1 Å². The topological polar surface area (TPSA) is 85.6 Å². The molecular formula is C26H22N4O3S. The molecule has 0 bridgehead atoms. The van der Waals surface area contributed by atoms with Gasteiger partial charge in [-0.2, -0.15) is 5.10 Å². The summed E-state index contributed by atoms with van der Waals surface area (Å²) in [5, 5.41) is 10.4. The van der Waals surface area contributed by atoms with Crippen LogP contribution >= 0.6 is 11.3 Å². The Morgan fingerprint density at radius 3 is 2.59 bits per heavy atom. The second-order valence-corrected chi connectivity index (χ2v) is 8.89. The van der Waals surface area contributed by atoms with E-state index in [0.29, 0.717) is 22.7 Å². The van der Waals surface area contributed by atoms with Crippen molar-refractivity contribution in [1.29, 1.82) is 0 Å². The molecule has 34 heavy (non-hydrogen) atoms. The van der Waals surface area contributed by atoms with Crippen molar-refractivity contribution in [3.05, 3.63) is 87.9 Å². The number of nitrogens with one attached hydrogen (secondary N) is 1. The van der Waals surface area contributed by atoms with Crippen LogP contribution in [0.1, 0.15) is 33.0 Å². The summed E-state index contributed by atoms with van der Waals surface area (Å²) in [6.07, 6.45) is 0.719. The summed E-state index contributed by atoms with van der Waals surface area (Å²) in [5.41, 5.74) is 5.19. The first-order valence-electron chi connectivity index (χ1n) is 10.9. The Bertz CT molecular complexity index is 1510.